The van der Waals surface area contributed by atoms with Crippen molar-refractivity contribution in [2.45, 2.75) is 44.6 Å². The van der Waals surface area contributed by atoms with Crippen molar-refractivity contribution < 1.29 is 19.7 Å². The predicted octanol–water partition coefficient (Wildman–Crippen LogP) is 0.510. The number of likely N-dealkylation sites (tertiary alicyclic amines) is 1. The molecule has 0 saturated carbocycles. The number of methoxy groups -OCH3 is 1. The third-order valence-electron chi connectivity index (χ3n) is 5.52. The predicted molar refractivity (Wildman–Crippen MR) is 87.8 cm³/mol. The first-order valence-electron chi connectivity index (χ1n) is 8.74. The number of hydrogen-bond donors (Lipinski definition) is 3. The first-order valence-corrected chi connectivity index (χ1v) is 8.74. The normalized spacial score (nSPS) is 26.6. The average Bonchev–Trinajstić information content (AvgIpc) is 3.19. The standard InChI is InChI=1S/C17H27N3O4/c1-24-9-3-7-17(11-21)10-20(8-6-14(17)22)16(23)15-12-4-2-5-13(12)18-19-15/h14,21-22H,2-11H2,1H3,(H,18,19)/t14-,17+/m1/s1. The van der Waals surface area contributed by atoms with Crippen molar-refractivity contribution in [2.24, 2.45) is 5.41 Å². The molecule has 0 aromatic carbocycles. The quantitative estimate of drug-likeness (QED) is 0.657. The van der Waals surface area contributed by atoms with Crippen LogP contribution in [0.4, 0.5) is 0 Å². The largest absolute Gasteiger partial charge is 0.396 e. The number of rotatable bonds is 6. The Balaban J connectivity index is 1.75. The summed E-state index contributed by atoms with van der Waals surface area (Å²) in [5, 5.41) is 27.6. The van der Waals surface area contributed by atoms with Crippen molar-refractivity contribution in [3.63, 3.8) is 0 Å². The highest BCUT2D eigenvalue weighted by molar-refractivity contribution is 5.94. The fraction of sp³-hybridized carbons (Fsp3) is 0.765. The Morgan fingerprint density at radius 2 is 2.33 bits per heavy atom. The summed E-state index contributed by atoms with van der Waals surface area (Å²) in [6, 6.07) is 0. The van der Waals surface area contributed by atoms with Crippen molar-refractivity contribution in [1.82, 2.24) is 15.1 Å². The van der Waals surface area contributed by atoms with Crippen molar-refractivity contribution in [3.05, 3.63) is 17.0 Å². The zero-order valence-corrected chi connectivity index (χ0v) is 14.3. The number of aliphatic hydroxyl groups is 2. The van der Waals surface area contributed by atoms with Crippen LogP contribution in [0.3, 0.4) is 0 Å². The van der Waals surface area contributed by atoms with Crippen molar-refractivity contribution in [1.29, 1.82) is 0 Å². The van der Waals surface area contributed by atoms with Crippen LogP contribution in [0.1, 0.15) is 47.4 Å². The van der Waals surface area contributed by atoms with Gasteiger partial charge in [-0.25, -0.2) is 0 Å². The molecule has 1 aromatic heterocycles. The minimum atomic E-state index is -0.675. The number of piperidine rings is 1. The van der Waals surface area contributed by atoms with E-state index in [1.165, 1.54) is 0 Å². The molecule has 0 unspecified atom stereocenters. The number of carbonyl (C=O) groups excluding carboxylic acids is 1. The lowest BCUT2D eigenvalue weighted by Crippen LogP contribution is -2.55. The average molecular weight is 337 g/mol. The SMILES string of the molecule is COCCC[C@@]1(CO)CN(C(=O)c2n[nH]c3c2CCC3)CC[C@H]1O. The van der Waals surface area contributed by atoms with Crippen LogP contribution in [-0.4, -0.2) is 70.7 Å². The fourth-order valence-electron chi connectivity index (χ4n) is 4.02. The van der Waals surface area contributed by atoms with E-state index < -0.39 is 11.5 Å². The summed E-state index contributed by atoms with van der Waals surface area (Å²) < 4.78 is 5.08. The molecule has 1 amide bonds. The van der Waals surface area contributed by atoms with E-state index in [1.54, 1.807) is 12.0 Å². The van der Waals surface area contributed by atoms with Gasteiger partial charge in [0.25, 0.3) is 5.91 Å². The summed E-state index contributed by atoms with van der Waals surface area (Å²) in [5.74, 6) is -0.0918. The molecule has 1 aliphatic heterocycles. The van der Waals surface area contributed by atoms with Gasteiger partial charge in [0.1, 0.15) is 0 Å². The summed E-state index contributed by atoms with van der Waals surface area (Å²) in [6.07, 6.45) is 4.14. The number of aromatic amines is 1. The van der Waals surface area contributed by atoms with E-state index in [1.807, 2.05) is 0 Å². The highest BCUT2D eigenvalue weighted by Crippen LogP contribution is 2.36. The molecule has 2 heterocycles. The first kappa shape index (κ1) is 17.4. The lowest BCUT2D eigenvalue weighted by atomic mass is 9.74. The van der Waals surface area contributed by atoms with Crippen molar-refractivity contribution in [3.8, 4) is 0 Å². The zero-order chi connectivity index (χ0) is 17.2. The van der Waals surface area contributed by atoms with E-state index in [9.17, 15) is 15.0 Å². The summed E-state index contributed by atoms with van der Waals surface area (Å²) in [4.78, 5) is 14.7. The number of amides is 1. The van der Waals surface area contributed by atoms with Gasteiger partial charge in [-0.1, -0.05) is 0 Å². The molecular formula is C17H27N3O4. The van der Waals surface area contributed by atoms with Crippen LogP contribution in [0.5, 0.6) is 0 Å². The van der Waals surface area contributed by atoms with Crippen LogP contribution < -0.4 is 0 Å². The Labute approximate surface area is 142 Å². The zero-order valence-electron chi connectivity index (χ0n) is 14.3. The minimum absolute atomic E-state index is 0.0918. The molecule has 0 bridgehead atoms. The third-order valence-corrected chi connectivity index (χ3v) is 5.52. The second-order valence-electron chi connectivity index (χ2n) is 7.03. The molecule has 1 aliphatic carbocycles. The molecule has 24 heavy (non-hydrogen) atoms. The monoisotopic (exact) mass is 337 g/mol. The number of aromatic nitrogens is 2. The molecule has 1 aromatic rings. The molecular weight excluding hydrogens is 310 g/mol. The molecule has 0 radical (unpaired) electrons. The Bertz CT molecular complexity index is 588. The second kappa shape index (κ2) is 7.21. The number of aryl methyl sites for hydroxylation is 1. The number of H-pyrrole nitrogens is 1. The van der Waals surface area contributed by atoms with E-state index in [-0.39, 0.29) is 12.5 Å². The smallest absolute Gasteiger partial charge is 0.274 e. The molecule has 3 N–H and O–H groups in total. The van der Waals surface area contributed by atoms with E-state index in [2.05, 4.69) is 10.2 Å². The number of nitrogens with zero attached hydrogens (tertiary/aromatic N) is 2. The van der Waals surface area contributed by atoms with Gasteiger partial charge in [0.15, 0.2) is 5.69 Å². The maximum atomic E-state index is 12.9. The number of hydrogen-bond acceptors (Lipinski definition) is 5. The van der Waals surface area contributed by atoms with Crippen LogP contribution in [0.25, 0.3) is 0 Å². The Morgan fingerprint density at radius 1 is 1.50 bits per heavy atom. The highest BCUT2D eigenvalue weighted by Gasteiger charge is 2.44. The number of nitrogens with one attached hydrogen (secondary N) is 1. The lowest BCUT2D eigenvalue weighted by molar-refractivity contribution is -0.0746. The molecule has 1 fully saturated rings. The van der Waals surface area contributed by atoms with Crippen LogP contribution >= 0.6 is 0 Å². The Kier molecular flexibility index (Phi) is 5.22. The summed E-state index contributed by atoms with van der Waals surface area (Å²) >= 11 is 0. The summed E-state index contributed by atoms with van der Waals surface area (Å²) in [6.45, 7) is 1.29. The lowest BCUT2D eigenvalue weighted by Gasteiger charge is -2.45. The van der Waals surface area contributed by atoms with Crippen LogP contribution in [0.2, 0.25) is 0 Å². The molecule has 1 saturated heterocycles. The molecule has 3 rings (SSSR count). The van der Waals surface area contributed by atoms with Crippen LogP contribution in [0, 0.1) is 5.41 Å². The summed E-state index contributed by atoms with van der Waals surface area (Å²) in [7, 11) is 1.64. The summed E-state index contributed by atoms with van der Waals surface area (Å²) in [5.41, 5.74) is 1.96. The van der Waals surface area contributed by atoms with E-state index in [0.717, 1.165) is 36.9 Å². The van der Waals surface area contributed by atoms with E-state index in [4.69, 9.17) is 4.74 Å². The highest BCUT2D eigenvalue weighted by atomic mass is 16.5. The van der Waals surface area contributed by atoms with Crippen LogP contribution in [0.15, 0.2) is 0 Å². The molecule has 2 atom stereocenters. The van der Waals surface area contributed by atoms with Gasteiger partial charge < -0.3 is 19.8 Å². The van der Waals surface area contributed by atoms with Gasteiger partial charge in [-0.05, 0) is 38.5 Å². The third kappa shape index (κ3) is 3.08. The molecule has 0 spiro atoms. The van der Waals surface area contributed by atoms with Crippen molar-refractivity contribution >= 4 is 5.91 Å². The maximum Gasteiger partial charge on any atom is 0.274 e. The van der Waals surface area contributed by atoms with Gasteiger partial charge in [0, 0.05) is 43.5 Å². The fourth-order valence-corrected chi connectivity index (χ4v) is 4.02. The minimum Gasteiger partial charge on any atom is -0.396 e. The first-order chi connectivity index (χ1) is 11.6. The van der Waals surface area contributed by atoms with Gasteiger partial charge >= 0.3 is 0 Å². The Morgan fingerprint density at radius 3 is 3.08 bits per heavy atom. The molecule has 7 nitrogen and oxygen atoms in total. The van der Waals surface area contributed by atoms with Gasteiger partial charge in [0.05, 0.1) is 12.7 Å². The van der Waals surface area contributed by atoms with Crippen molar-refractivity contribution in [2.75, 3.05) is 33.4 Å². The number of carbonyl (C=O) groups is 1. The number of aliphatic hydroxyl groups excluding tert-OH is 2. The molecule has 134 valence electrons. The topological polar surface area (TPSA) is 98.7 Å². The Hall–Kier alpha value is -1.44. The molecule has 2 aliphatic rings. The molecule has 7 heteroatoms. The van der Waals surface area contributed by atoms with Crippen LogP contribution in [-0.2, 0) is 17.6 Å². The maximum absolute atomic E-state index is 12.9. The second-order valence-corrected chi connectivity index (χ2v) is 7.03. The number of fused-ring (bicyclic) bond motifs is 1. The number of ether oxygens (including phenoxy) is 1. The van der Waals surface area contributed by atoms with E-state index >= 15 is 0 Å². The van der Waals surface area contributed by atoms with Gasteiger partial charge in [-0.15, -0.1) is 0 Å². The van der Waals surface area contributed by atoms with Gasteiger partial charge in [-0.3, -0.25) is 9.89 Å². The van der Waals surface area contributed by atoms with E-state index in [0.29, 0.717) is 38.2 Å². The van der Waals surface area contributed by atoms with Gasteiger partial charge in [0.2, 0.25) is 0 Å². The van der Waals surface area contributed by atoms with Gasteiger partial charge in [-0.2, -0.15) is 5.10 Å².